The monoisotopic (exact) mass is 402 g/mol. The van der Waals surface area contributed by atoms with Crippen LogP contribution in [0.25, 0.3) is 0 Å². The Kier molecular flexibility index (Phi) is 5.56. The number of fused-ring (bicyclic) bond motifs is 1. The summed E-state index contributed by atoms with van der Waals surface area (Å²) < 4.78 is 28.8. The number of piperidine rings is 1. The van der Waals surface area contributed by atoms with Gasteiger partial charge < -0.3 is 10.2 Å². The molecule has 0 bridgehead atoms. The Morgan fingerprint density at radius 3 is 2.76 bits per heavy atom. The van der Waals surface area contributed by atoms with E-state index >= 15 is 0 Å². The lowest BCUT2D eigenvalue weighted by Gasteiger charge is -2.41. The van der Waals surface area contributed by atoms with Crippen LogP contribution in [0, 0.1) is 12.8 Å². The summed E-state index contributed by atoms with van der Waals surface area (Å²) in [6, 6.07) is 10.6. The molecule has 7 heteroatoms. The summed E-state index contributed by atoms with van der Waals surface area (Å²) >= 11 is 0. The van der Waals surface area contributed by atoms with Crippen molar-refractivity contribution >= 4 is 11.7 Å². The van der Waals surface area contributed by atoms with Gasteiger partial charge in [0.1, 0.15) is 11.9 Å². The number of hydrogen-bond donors (Lipinski definition) is 1. The molecule has 0 spiro atoms. The molecule has 0 radical (unpaired) electrons. The SMILES string of the molecule is Cc1cc2n(n1)[C@@H](C(F)F)C[C@@H](C1CCCN(C(=O)C(C)c3ccccc3)C1)N2. The second-order valence-electron chi connectivity index (χ2n) is 8.32. The number of nitrogens with one attached hydrogen (secondary N) is 1. The highest BCUT2D eigenvalue weighted by Gasteiger charge is 2.39. The van der Waals surface area contributed by atoms with Gasteiger partial charge in [-0.3, -0.25) is 4.79 Å². The summed E-state index contributed by atoms with van der Waals surface area (Å²) in [4.78, 5) is 15.0. The third-order valence-electron chi connectivity index (χ3n) is 6.30. The molecule has 0 saturated carbocycles. The van der Waals surface area contributed by atoms with Gasteiger partial charge in [-0.15, -0.1) is 0 Å². The van der Waals surface area contributed by atoms with Gasteiger partial charge in [-0.1, -0.05) is 30.3 Å². The highest BCUT2D eigenvalue weighted by Crippen LogP contribution is 2.36. The van der Waals surface area contributed by atoms with Crippen molar-refractivity contribution in [3.63, 3.8) is 0 Å². The molecule has 0 aliphatic carbocycles. The molecule has 5 nitrogen and oxygen atoms in total. The van der Waals surface area contributed by atoms with E-state index in [9.17, 15) is 13.6 Å². The number of halogens is 2. The van der Waals surface area contributed by atoms with Gasteiger partial charge in [0.2, 0.25) is 5.91 Å². The maximum Gasteiger partial charge on any atom is 0.260 e. The van der Waals surface area contributed by atoms with Gasteiger partial charge in [0.05, 0.1) is 11.6 Å². The van der Waals surface area contributed by atoms with E-state index in [1.54, 1.807) is 0 Å². The number of likely N-dealkylation sites (tertiary alicyclic amines) is 1. The molecule has 156 valence electrons. The van der Waals surface area contributed by atoms with Crippen molar-refractivity contribution in [3.8, 4) is 0 Å². The molecule has 3 heterocycles. The Morgan fingerprint density at radius 1 is 1.28 bits per heavy atom. The molecular weight excluding hydrogens is 374 g/mol. The van der Waals surface area contributed by atoms with Gasteiger partial charge >= 0.3 is 0 Å². The summed E-state index contributed by atoms with van der Waals surface area (Å²) in [5, 5.41) is 7.66. The number of carbonyl (C=O) groups is 1. The Labute approximate surface area is 170 Å². The predicted octanol–water partition coefficient (Wildman–Crippen LogP) is 4.22. The van der Waals surface area contributed by atoms with Crippen molar-refractivity contribution in [2.24, 2.45) is 5.92 Å². The van der Waals surface area contributed by atoms with E-state index in [1.165, 1.54) is 4.68 Å². The number of amides is 1. The quantitative estimate of drug-likeness (QED) is 0.833. The van der Waals surface area contributed by atoms with E-state index in [-0.39, 0.29) is 23.8 Å². The van der Waals surface area contributed by atoms with Crippen LogP contribution < -0.4 is 5.32 Å². The van der Waals surface area contributed by atoms with E-state index in [2.05, 4.69) is 10.4 Å². The molecule has 1 aromatic carbocycles. The first-order chi connectivity index (χ1) is 13.9. The van der Waals surface area contributed by atoms with Crippen LogP contribution in [0.1, 0.15) is 49.4 Å². The summed E-state index contributed by atoms with van der Waals surface area (Å²) in [7, 11) is 0. The molecule has 2 aliphatic heterocycles. The summed E-state index contributed by atoms with van der Waals surface area (Å²) in [5.41, 5.74) is 1.74. The van der Waals surface area contributed by atoms with Gasteiger partial charge in [-0.25, -0.2) is 13.5 Å². The van der Waals surface area contributed by atoms with Gasteiger partial charge in [0.15, 0.2) is 0 Å². The fourth-order valence-electron chi connectivity index (χ4n) is 4.70. The van der Waals surface area contributed by atoms with E-state index in [4.69, 9.17) is 0 Å². The average Bonchev–Trinajstić information content (AvgIpc) is 3.12. The number of anilines is 1. The normalized spacial score (nSPS) is 25.4. The van der Waals surface area contributed by atoms with Crippen molar-refractivity contribution < 1.29 is 13.6 Å². The van der Waals surface area contributed by atoms with Crippen molar-refractivity contribution in [1.29, 1.82) is 0 Å². The maximum atomic E-state index is 13.7. The number of hydrogen-bond acceptors (Lipinski definition) is 3. The molecule has 29 heavy (non-hydrogen) atoms. The van der Waals surface area contributed by atoms with Crippen LogP contribution in [0.2, 0.25) is 0 Å². The minimum absolute atomic E-state index is 0.0831. The smallest absolute Gasteiger partial charge is 0.260 e. The number of rotatable bonds is 4. The van der Waals surface area contributed by atoms with Gasteiger partial charge in [-0.2, -0.15) is 5.10 Å². The molecule has 1 fully saturated rings. The summed E-state index contributed by atoms with van der Waals surface area (Å²) in [6.07, 6.45) is -0.304. The van der Waals surface area contributed by atoms with Crippen LogP contribution in [0.3, 0.4) is 0 Å². The standard InChI is InChI=1S/C22H28F2N4O/c1-14-11-20-25-18(12-19(21(23)24)28(20)26-14)17-9-6-10-27(13-17)22(29)15(2)16-7-4-3-5-8-16/h3-5,7-8,11,15,17-19,21,25H,6,9-10,12-13H2,1-2H3/t15?,17?,18-,19+/m0/s1. The van der Waals surface area contributed by atoms with Gasteiger partial charge in [0.25, 0.3) is 6.43 Å². The topological polar surface area (TPSA) is 50.2 Å². The average molecular weight is 402 g/mol. The Morgan fingerprint density at radius 2 is 2.03 bits per heavy atom. The van der Waals surface area contributed by atoms with E-state index < -0.39 is 12.5 Å². The third-order valence-corrected chi connectivity index (χ3v) is 6.30. The molecule has 1 amide bonds. The van der Waals surface area contributed by atoms with Crippen LogP contribution in [0.15, 0.2) is 36.4 Å². The van der Waals surface area contributed by atoms with Crippen LogP contribution in [-0.2, 0) is 4.79 Å². The zero-order valence-corrected chi connectivity index (χ0v) is 16.9. The van der Waals surface area contributed by atoms with E-state index in [0.717, 1.165) is 30.6 Å². The number of alkyl halides is 2. The zero-order valence-electron chi connectivity index (χ0n) is 16.9. The fraction of sp³-hybridized carbons (Fsp3) is 0.545. The molecule has 1 saturated heterocycles. The van der Waals surface area contributed by atoms with Crippen molar-refractivity contribution in [1.82, 2.24) is 14.7 Å². The molecule has 2 unspecified atom stereocenters. The number of aryl methyl sites for hydroxylation is 1. The first kappa shape index (κ1) is 19.9. The van der Waals surface area contributed by atoms with E-state index in [0.29, 0.717) is 18.8 Å². The van der Waals surface area contributed by atoms with E-state index in [1.807, 2.05) is 55.1 Å². The number of aromatic nitrogens is 2. The van der Waals surface area contributed by atoms with Crippen molar-refractivity contribution in [2.45, 2.75) is 57.5 Å². The molecule has 1 aromatic heterocycles. The lowest BCUT2D eigenvalue weighted by molar-refractivity contribution is -0.134. The highest BCUT2D eigenvalue weighted by molar-refractivity contribution is 5.83. The number of benzene rings is 1. The third kappa shape index (κ3) is 4.00. The number of carbonyl (C=O) groups excluding carboxylic acids is 1. The molecule has 2 aliphatic rings. The Balaban J connectivity index is 1.48. The first-order valence-corrected chi connectivity index (χ1v) is 10.4. The molecular formula is C22H28F2N4O. The molecule has 4 rings (SSSR count). The minimum Gasteiger partial charge on any atom is -0.367 e. The molecule has 1 N–H and O–H groups in total. The lowest BCUT2D eigenvalue weighted by atomic mass is 9.85. The highest BCUT2D eigenvalue weighted by atomic mass is 19.3. The second-order valence-corrected chi connectivity index (χ2v) is 8.32. The lowest BCUT2D eigenvalue weighted by Crippen LogP contribution is -2.49. The largest absolute Gasteiger partial charge is 0.367 e. The predicted molar refractivity (Wildman–Crippen MR) is 108 cm³/mol. The fourth-order valence-corrected chi connectivity index (χ4v) is 4.70. The first-order valence-electron chi connectivity index (χ1n) is 10.4. The summed E-state index contributed by atoms with van der Waals surface area (Å²) in [5.74, 6) is 0.723. The Hall–Kier alpha value is -2.44. The molecule has 2 aromatic rings. The number of nitrogens with zero attached hydrogens (tertiary/aromatic N) is 3. The zero-order chi connectivity index (χ0) is 20.5. The van der Waals surface area contributed by atoms with Crippen molar-refractivity contribution in [3.05, 3.63) is 47.7 Å². The van der Waals surface area contributed by atoms with Gasteiger partial charge in [-0.05, 0) is 44.6 Å². The van der Waals surface area contributed by atoms with Crippen LogP contribution in [-0.4, -0.2) is 46.1 Å². The van der Waals surface area contributed by atoms with Crippen LogP contribution in [0.5, 0.6) is 0 Å². The molecule has 4 atom stereocenters. The van der Waals surface area contributed by atoms with Crippen molar-refractivity contribution in [2.75, 3.05) is 18.4 Å². The van der Waals surface area contributed by atoms with Crippen LogP contribution >= 0.6 is 0 Å². The Bertz CT molecular complexity index is 854. The van der Waals surface area contributed by atoms with Gasteiger partial charge in [0, 0.05) is 25.2 Å². The minimum atomic E-state index is -2.46. The summed E-state index contributed by atoms with van der Waals surface area (Å²) in [6.45, 7) is 5.09. The second kappa shape index (κ2) is 8.13. The maximum absolute atomic E-state index is 13.7. The van der Waals surface area contributed by atoms with Crippen LogP contribution in [0.4, 0.5) is 14.6 Å².